The third-order valence-corrected chi connectivity index (χ3v) is 4.50. The van der Waals surface area contributed by atoms with Gasteiger partial charge in [-0.3, -0.25) is 4.98 Å². The number of hydrogen-bond donors (Lipinski definition) is 0. The van der Waals surface area contributed by atoms with Gasteiger partial charge in [-0.1, -0.05) is 6.07 Å². The van der Waals surface area contributed by atoms with Crippen molar-refractivity contribution in [1.29, 1.82) is 0 Å². The van der Waals surface area contributed by atoms with Gasteiger partial charge in [0.15, 0.2) is 0 Å². The number of furan rings is 1. The summed E-state index contributed by atoms with van der Waals surface area (Å²) in [6.45, 7) is 4.28. The zero-order valence-electron chi connectivity index (χ0n) is 12.6. The van der Waals surface area contributed by atoms with E-state index in [4.69, 9.17) is 4.42 Å². The molecule has 0 saturated carbocycles. The Hall–Kier alpha value is -2.09. The van der Waals surface area contributed by atoms with Crippen molar-refractivity contribution in [1.82, 2.24) is 4.98 Å². The fraction of sp³-hybridized carbons (Fsp3) is 0.316. The average Bonchev–Trinajstić information content (AvgIpc) is 2.87. The van der Waals surface area contributed by atoms with Crippen molar-refractivity contribution in [2.24, 2.45) is 0 Å². The molecule has 0 N–H and O–H groups in total. The number of benzene rings is 1. The smallest absolute Gasteiger partial charge is 0.144 e. The van der Waals surface area contributed by atoms with Gasteiger partial charge < -0.3 is 4.42 Å². The first-order valence-electron chi connectivity index (χ1n) is 7.71. The minimum Gasteiger partial charge on any atom is -0.460 e. The molecule has 0 radical (unpaired) electrons. The van der Waals surface area contributed by atoms with Crippen molar-refractivity contribution >= 4 is 11.0 Å². The molecule has 1 aliphatic rings. The summed E-state index contributed by atoms with van der Waals surface area (Å²) in [6.07, 6.45) is 6.61. The second-order valence-electron chi connectivity index (χ2n) is 6.06. The normalized spacial score (nSPS) is 14.4. The highest BCUT2D eigenvalue weighted by molar-refractivity contribution is 5.96. The number of rotatable bonds is 1. The van der Waals surface area contributed by atoms with Crippen LogP contribution >= 0.6 is 0 Å². The Bertz CT molecular complexity index is 829. The van der Waals surface area contributed by atoms with Crippen molar-refractivity contribution in [3.63, 3.8) is 0 Å². The van der Waals surface area contributed by atoms with E-state index >= 15 is 0 Å². The highest BCUT2D eigenvalue weighted by atomic mass is 16.3. The maximum atomic E-state index is 6.26. The molecule has 2 heteroatoms. The van der Waals surface area contributed by atoms with Crippen molar-refractivity contribution in [2.45, 2.75) is 39.5 Å². The lowest BCUT2D eigenvalue weighted by Crippen LogP contribution is -1.99. The van der Waals surface area contributed by atoms with Crippen LogP contribution in [-0.4, -0.2) is 4.98 Å². The predicted octanol–water partition coefficient (Wildman–Crippen LogP) is 4.99. The molecule has 0 spiro atoms. The Morgan fingerprint density at radius 2 is 1.90 bits per heavy atom. The maximum Gasteiger partial charge on any atom is 0.144 e. The molecule has 0 amide bonds. The molecule has 0 bridgehead atoms. The third-order valence-electron chi connectivity index (χ3n) is 4.50. The summed E-state index contributed by atoms with van der Waals surface area (Å²) in [5.41, 5.74) is 7.13. The number of hydrogen-bond acceptors (Lipinski definition) is 2. The Labute approximate surface area is 124 Å². The van der Waals surface area contributed by atoms with E-state index in [9.17, 15) is 0 Å². The monoisotopic (exact) mass is 277 g/mol. The fourth-order valence-corrected chi connectivity index (χ4v) is 3.43. The van der Waals surface area contributed by atoms with E-state index in [1.54, 1.807) is 0 Å². The topological polar surface area (TPSA) is 26.0 Å². The molecule has 4 rings (SSSR count). The van der Waals surface area contributed by atoms with Gasteiger partial charge in [-0.05, 0) is 62.4 Å². The van der Waals surface area contributed by atoms with Crippen molar-refractivity contribution < 1.29 is 4.42 Å². The quantitative estimate of drug-likeness (QED) is 0.626. The molecule has 2 aromatic heterocycles. The molecule has 2 heterocycles. The van der Waals surface area contributed by atoms with Gasteiger partial charge >= 0.3 is 0 Å². The van der Waals surface area contributed by atoms with Gasteiger partial charge in [0.2, 0.25) is 0 Å². The summed E-state index contributed by atoms with van der Waals surface area (Å²) >= 11 is 0. The van der Waals surface area contributed by atoms with Crippen LogP contribution in [0.2, 0.25) is 0 Å². The van der Waals surface area contributed by atoms with Crippen LogP contribution < -0.4 is 0 Å². The summed E-state index contributed by atoms with van der Waals surface area (Å²) in [5.74, 6) is 1.19. The van der Waals surface area contributed by atoms with E-state index in [-0.39, 0.29) is 0 Å². The number of fused-ring (bicyclic) bond motifs is 3. The van der Waals surface area contributed by atoms with Crippen LogP contribution in [-0.2, 0) is 12.8 Å². The number of nitrogens with zero attached hydrogens (tertiary/aromatic N) is 1. The molecule has 0 fully saturated rings. The highest BCUT2D eigenvalue weighted by Gasteiger charge is 2.21. The van der Waals surface area contributed by atoms with Crippen LogP contribution in [0.25, 0.3) is 22.2 Å². The molecular formula is C19H19NO. The Kier molecular flexibility index (Phi) is 2.85. The Balaban J connectivity index is 2.03. The van der Waals surface area contributed by atoms with Crippen LogP contribution in [0.15, 0.2) is 34.9 Å². The SMILES string of the molecule is Cc1ccnc(-c2ccc(C)c3c4c(oc23)CCCC4)c1. The molecule has 0 unspecified atom stereocenters. The van der Waals surface area contributed by atoms with Crippen LogP contribution in [0.3, 0.4) is 0 Å². The Morgan fingerprint density at radius 1 is 1.05 bits per heavy atom. The van der Waals surface area contributed by atoms with Gasteiger partial charge in [0, 0.05) is 29.1 Å². The van der Waals surface area contributed by atoms with E-state index in [0.29, 0.717) is 0 Å². The largest absolute Gasteiger partial charge is 0.460 e. The van der Waals surface area contributed by atoms with Gasteiger partial charge in [-0.15, -0.1) is 0 Å². The van der Waals surface area contributed by atoms with Crippen molar-refractivity contribution in [3.8, 4) is 11.3 Å². The molecule has 0 aliphatic heterocycles. The first-order chi connectivity index (χ1) is 10.2. The van der Waals surface area contributed by atoms with E-state index in [0.717, 1.165) is 29.7 Å². The average molecular weight is 277 g/mol. The van der Waals surface area contributed by atoms with Gasteiger partial charge in [-0.25, -0.2) is 0 Å². The molecule has 21 heavy (non-hydrogen) atoms. The summed E-state index contributed by atoms with van der Waals surface area (Å²) in [5, 5.41) is 1.32. The highest BCUT2D eigenvalue weighted by Crippen LogP contribution is 2.38. The van der Waals surface area contributed by atoms with Crippen molar-refractivity contribution in [3.05, 3.63) is 52.9 Å². The third kappa shape index (κ3) is 1.98. The first-order valence-corrected chi connectivity index (χ1v) is 7.71. The molecule has 2 nitrogen and oxygen atoms in total. The summed E-state index contributed by atoms with van der Waals surface area (Å²) < 4.78 is 6.26. The minimum atomic E-state index is 1.01. The number of pyridine rings is 1. The van der Waals surface area contributed by atoms with Crippen LogP contribution in [0.1, 0.15) is 35.3 Å². The second-order valence-corrected chi connectivity index (χ2v) is 6.06. The first kappa shape index (κ1) is 12.6. The molecule has 1 aliphatic carbocycles. The van der Waals surface area contributed by atoms with Crippen molar-refractivity contribution in [2.75, 3.05) is 0 Å². The predicted molar refractivity (Wildman–Crippen MR) is 85.6 cm³/mol. The number of aryl methyl sites for hydroxylation is 4. The molecule has 106 valence electrons. The molecular weight excluding hydrogens is 258 g/mol. The van der Waals surface area contributed by atoms with Crippen LogP contribution in [0.5, 0.6) is 0 Å². The minimum absolute atomic E-state index is 1.01. The van der Waals surface area contributed by atoms with Gasteiger partial charge in [0.05, 0.1) is 5.69 Å². The number of aromatic nitrogens is 1. The zero-order valence-corrected chi connectivity index (χ0v) is 12.6. The fourth-order valence-electron chi connectivity index (χ4n) is 3.43. The van der Waals surface area contributed by atoms with E-state index < -0.39 is 0 Å². The molecule has 0 atom stereocenters. The molecule has 3 aromatic rings. The van der Waals surface area contributed by atoms with E-state index in [2.05, 4.69) is 37.0 Å². The van der Waals surface area contributed by atoms with Crippen LogP contribution in [0, 0.1) is 13.8 Å². The molecule has 0 saturated heterocycles. The van der Waals surface area contributed by atoms with Gasteiger partial charge in [0.25, 0.3) is 0 Å². The summed E-state index contributed by atoms with van der Waals surface area (Å²) in [4.78, 5) is 4.54. The Morgan fingerprint density at radius 3 is 2.76 bits per heavy atom. The van der Waals surface area contributed by atoms with Crippen LogP contribution in [0.4, 0.5) is 0 Å². The van der Waals surface area contributed by atoms with Gasteiger partial charge in [-0.2, -0.15) is 0 Å². The van der Waals surface area contributed by atoms with E-state index in [1.165, 1.54) is 40.7 Å². The summed E-state index contributed by atoms with van der Waals surface area (Å²) in [7, 11) is 0. The lowest BCUT2D eigenvalue weighted by molar-refractivity contribution is 0.506. The maximum absolute atomic E-state index is 6.26. The lowest BCUT2D eigenvalue weighted by Gasteiger charge is -2.09. The lowest BCUT2D eigenvalue weighted by atomic mass is 9.93. The standard InChI is InChI=1S/C19H19NO/c1-12-9-10-20-16(11-12)14-8-7-13(2)18-15-5-3-4-6-17(15)21-19(14)18/h7-11H,3-6H2,1-2H3. The second kappa shape index (κ2) is 4.73. The van der Waals surface area contributed by atoms with Gasteiger partial charge in [0.1, 0.15) is 11.3 Å². The summed E-state index contributed by atoms with van der Waals surface area (Å²) in [6, 6.07) is 8.51. The van der Waals surface area contributed by atoms with E-state index in [1.807, 2.05) is 12.3 Å². The molecule has 1 aromatic carbocycles. The zero-order chi connectivity index (χ0) is 14.4.